The van der Waals surface area contributed by atoms with Crippen LogP contribution in [0, 0.1) is 13.8 Å². The van der Waals surface area contributed by atoms with Crippen LogP contribution < -0.4 is 5.32 Å². The molecule has 0 aliphatic heterocycles. The molecule has 0 bridgehead atoms. The SMILES string of the molecule is Cc1nc(C)c(-c2nnc(NC(=O)Cc3ccc(Cl)cc3)o2)s1. The number of benzene rings is 1. The van der Waals surface area contributed by atoms with Gasteiger partial charge in [-0.1, -0.05) is 28.8 Å². The molecule has 0 aliphatic carbocycles. The first kappa shape index (κ1) is 15.6. The van der Waals surface area contributed by atoms with Crippen LogP contribution >= 0.6 is 22.9 Å². The lowest BCUT2D eigenvalue weighted by Gasteiger charge is -2.01. The van der Waals surface area contributed by atoms with Gasteiger partial charge in [-0.2, -0.15) is 0 Å². The van der Waals surface area contributed by atoms with Gasteiger partial charge in [0.05, 0.1) is 17.1 Å². The highest BCUT2D eigenvalue weighted by atomic mass is 35.5. The summed E-state index contributed by atoms with van der Waals surface area (Å²) in [7, 11) is 0. The molecule has 1 amide bonds. The third-order valence-electron chi connectivity index (χ3n) is 3.05. The van der Waals surface area contributed by atoms with Gasteiger partial charge < -0.3 is 4.42 Å². The molecule has 1 N–H and O–H groups in total. The van der Waals surface area contributed by atoms with E-state index in [-0.39, 0.29) is 18.3 Å². The summed E-state index contributed by atoms with van der Waals surface area (Å²) in [5.74, 6) is 0.120. The number of aryl methyl sites for hydroxylation is 2. The van der Waals surface area contributed by atoms with Crippen molar-refractivity contribution in [1.29, 1.82) is 0 Å². The number of carbonyl (C=O) groups is 1. The number of thiazole rings is 1. The molecule has 23 heavy (non-hydrogen) atoms. The fraction of sp³-hybridized carbons (Fsp3) is 0.200. The summed E-state index contributed by atoms with van der Waals surface area (Å²) in [5, 5.41) is 11.9. The molecule has 0 atom stereocenters. The van der Waals surface area contributed by atoms with Gasteiger partial charge in [0.25, 0.3) is 5.89 Å². The fourth-order valence-corrected chi connectivity index (χ4v) is 3.01. The Bertz CT molecular complexity index is 842. The maximum atomic E-state index is 12.0. The van der Waals surface area contributed by atoms with Crippen molar-refractivity contribution in [2.45, 2.75) is 20.3 Å². The summed E-state index contributed by atoms with van der Waals surface area (Å²) in [5.41, 5.74) is 1.68. The number of amides is 1. The molecule has 8 heteroatoms. The van der Waals surface area contributed by atoms with Crippen LogP contribution in [0.4, 0.5) is 6.01 Å². The summed E-state index contributed by atoms with van der Waals surface area (Å²) in [6.07, 6.45) is 0.202. The molecule has 3 aromatic rings. The Hall–Kier alpha value is -2.25. The quantitative estimate of drug-likeness (QED) is 0.778. The number of hydrogen-bond donors (Lipinski definition) is 1. The van der Waals surface area contributed by atoms with Crippen molar-refractivity contribution in [1.82, 2.24) is 15.2 Å². The first-order valence-corrected chi connectivity index (χ1v) is 8.03. The number of aromatic nitrogens is 3. The molecule has 1 aromatic carbocycles. The molecule has 118 valence electrons. The Kier molecular flexibility index (Phi) is 4.40. The van der Waals surface area contributed by atoms with E-state index < -0.39 is 0 Å². The highest BCUT2D eigenvalue weighted by molar-refractivity contribution is 7.15. The Morgan fingerprint density at radius 1 is 1.26 bits per heavy atom. The number of rotatable bonds is 4. The number of nitrogens with one attached hydrogen (secondary N) is 1. The summed E-state index contributed by atoms with van der Waals surface area (Å²) in [6.45, 7) is 3.79. The summed E-state index contributed by atoms with van der Waals surface area (Å²) >= 11 is 7.29. The molecule has 0 fully saturated rings. The molecule has 0 spiro atoms. The Morgan fingerprint density at radius 2 is 2.00 bits per heavy atom. The maximum absolute atomic E-state index is 12.0. The van der Waals surface area contributed by atoms with Crippen molar-refractivity contribution in [3.63, 3.8) is 0 Å². The molecule has 3 rings (SSSR count). The molecule has 6 nitrogen and oxygen atoms in total. The van der Waals surface area contributed by atoms with Crippen LogP contribution in [0.1, 0.15) is 16.3 Å². The van der Waals surface area contributed by atoms with Crippen LogP contribution in [-0.4, -0.2) is 21.1 Å². The van der Waals surface area contributed by atoms with Crippen LogP contribution in [0.25, 0.3) is 10.8 Å². The smallest absolute Gasteiger partial charge is 0.322 e. The van der Waals surface area contributed by atoms with Crippen LogP contribution in [-0.2, 0) is 11.2 Å². The highest BCUT2D eigenvalue weighted by Crippen LogP contribution is 2.29. The summed E-state index contributed by atoms with van der Waals surface area (Å²) in [6, 6.07) is 7.15. The largest absolute Gasteiger partial charge is 0.402 e. The number of anilines is 1. The maximum Gasteiger partial charge on any atom is 0.322 e. The highest BCUT2D eigenvalue weighted by Gasteiger charge is 2.16. The number of hydrogen-bond acceptors (Lipinski definition) is 6. The molecule has 0 saturated heterocycles. The van der Waals surface area contributed by atoms with Gasteiger partial charge in [-0.3, -0.25) is 10.1 Å². The van der Waals surface area contributed by atoms with Gasteiger partial charge in [0.2, 0.25) is 5.91 Å². The van der Waals surface area contributed by atoms with Crippen molar-refractivity contribution < 1.29 is 9.21 Å². The predicted octanol–water partition coefficient (Wildman–Crippen LogP) is 3.64. The second-order valence-electron chi connectivity index (χ2n) is 4.91. The minimum Gasteiger partial charge on any atom is -0.402 e. The Morgan fingerprint density at radius 3 is 2.65 bits per heavy atom. The van der Waals surface area contributed by atoms with E-state index in [9.17, 15) is 4.79 Å². The lowest BCUT2D eigenvalue weighted by molar-refractivity contribution is -0.115. The van der Waals surface area contributed by atoms with Gasteiger partial charge in [-0.25, -0.2) is 4.98 Å². The van der Waals surface area contributed by atoms with E-state index in [1.54, 1.807) is 24.3 Å². The van der Waals surface area contributed by atoms with Gasteiger partial charge in [-0.05, 0) is 31.5 Å². The van der Waals surface area contributed by atoms with E-state index in [0.717, 1.165) is 21.1 Å². The van der Waals surface area contributed by atoms with Crippen molar-refractivity contribution in [3.8, 4) is 10.8 Å². The molecule has 2 aromatic heterocycles. The van der Waals surface area contributed by atoms with E-state index in [1.165, 1.54) is 11.3 Å². The number of carbonyl (C=O) groups excluding carboxylic acids is 1. The van der Waals surface area contributed by atoms with E-state index in [0.29, 0.717) is 10.9 Å². The second kappa shape index (κ2) is 6.47. The van der Waals surface area contributed by atoms with E-state index in [2.05, 4.69) is 20.5 Å². The molecule has 2 heterocycles. The summed E-state index contributed by atoms with van der Waals surface area (Å²) in [4.78, 5) is 17.1. The average molecular weight is 349 g/mol. The minimum atomic E-state index is -0.236. The second-order valence-corrected chi connectivity index (χ2v) is 6.55. The lowest BCUT2D eigenvalue weighted by Crippen LogP contribution is -2.14. The standard InChI is InChI=1S/C15H13ClN4O2S/c1-8-13(23-9(2)17-8)14-19-20-15(22-14)18-12(21)7-10-3-5-11(16)6-4-10/h3-6H,7H2,1-2H3,(H,18,20,21). The first-order valence-electron chi connectivity index (χ1n) is 6.83. The molecule has 0 aliphatic rings. The van der Waals surface area contributed by atoms with Crippen molar-refractivity contribution in [2.24, 2.45) is 0 Å². The minimum absolute atomic E-state index is 0.0735. The van der Waals surface area contributed by atoms with Crippen LogP contribution in [0.5, 0.6) is 0 Å². The topological polar surface area (TPSA) is 80.9 Å². The molecule has 0 radical (unpaired) electrons. The average Bonchev–Trinajstić information content (AvgIpc) is 3.07. The van der Waals surface area contributed by atoms with Gasteiger partial charge in [0, 0.05) is 5.02 Å². The third kappa shape index (κ3) is 3.75. The van der Waals surface area contributed by atoms with E-state index in [4.69, 9.17) is 16.0 Å². The van der Waals surface area contributed by atoms with Crippen LogP contribution in [0.2, 0.25) is 5.02 Å². The van der Waals surface area contributed by atoms with Gasteiger partial charge >= 0.3 is 6.01 Å². The van der Waals surface area contributed by atoms with Crippen molar-refractivity contribution in [2.75, 3.05) is 5.32 Å². The van der Waals surface area contributed by atoms with E-state index in [1.807, 2.05) is 13.8 Å². The van der Waals surface area contributed by atoms with Gasteiger partial charge in [0.1, 0.15) is 4.88 Å². The van der Waals surface area contributed by atoms with Crippen molar-refractivity contribution >= 4 is 34.9 Å². The molecule has 0 unspecified atom stereocenters. The fourth-order valence-electron chi connectivity index (χ4n) is 2.05. The Labute approximate surface area is 141 Å². The monoisotopic (exact) mass is 348 g/mol. The van der Waals surface area contributed by atoms with Gasteiger partial charge in [0.15, 0.2) is 0 Å². The third-order valence-corrected chi connectivity index (χ3v) is 4.36. The zero-order valence-corrected chi connectivity index (χ0v) is 14.0. The Balaban J connectivity index is 1.68. The normalized spacial score (nSPS) is 10.7. The molecular formula is C15H13ClN4O2S. The van der Waals surface area contributed by atoms with Crippen LogP contribution in [0.15, 0.2) is 28.7 Å². The van der Waals surface area contributed by atoms with Crippen molar-refractivity contribution in [3.05, 3.63) is 45.6 Å². The first-order chi connectivity index (χ1) is 11.0. The van der Waals surface area contributed by atoms with Gasteiger partial charge in [-0.15, -0.1) is 16.4 Å². The number of nitrogens with zero attached hydrogens (tertiary/aromatic N) is 3. The predicted molar refractivity (Wildman–Crippen MR) is 88.7 cm³/mol. The molecular weight excluding hydrogens is 336 g/mol. The zero-order valence-electron chi connectivity index (χ0n) is 12.5. The molecule has 0 saturated carbocycles. The zero-order chi connectivity index (χ0) is 16.4. The summed E-state index contributed by atoms with van der Waals surface area (Å²) < 4.78 is 5.49. The van der Waals surface area contributed by atoms with E-state index >= 15 is 0 Å². The van der Waals surface area contributed by atoms with Crippen LogP contribution in [0.3, 0.4) is 0 Å². The number of halogens is 1. The lowest BCUT2D eigenvalue weighted by atomic mass is 10.1.